The molecule has 1 nitrogen and oxygen atoms in total. The zero-order valence-electron chi connectivity index (χ0n) is 12.0. The first-order valence-electron chi connectivity index (χ1n) is 6.90. The topological polar surface area (TPSA) is 9.23 Å². The van der Waals surface area contributed by atoms with E-state index in [-0.39, 0.29) is 0 Å². The van der Waals surface area contributed by atoms with E-state index in [9.17, 15) is 0 Å². The van der Waals surface area contributed by atoms with E-state index in [1.165, 1.54) is 11.1 Å². The lowest BCUT2D eigenvalue weighted by Crippen LogP contribution is -2.03. The van der Waals surface area contributed by atoms with E-state index >= 15 is 0 Å². The van der Waals surface area contributed by atoms with E-state index in [1.54, 1.807) is 7.11 Å². The molecule has 0 bridgehead atoms. The van der Waals surface area contributed by atoms with E-state index in [4.69, 9.17) is 4.74 Å². The van der Waals surface area contributed by atoms with E-state index in [0.717, 1.165) is 12.2 Å². The van der Waals surface area contributed by atoms with Crippen molar-refractivity contribution in [3.63, 3.8) is 0 Å². The Morgan fingerprint density at radius 2 is 1.47 bits per heavy atom. The van der Waals surface area contributed by atoms with Gasteiger partial charge in [0.15, 0.2) is 0 Å². The van der Waals surface area contributed by atoms with Gasteiger partial charge in [-0.15, -0.1) is 0 Å². The van der Waals surface area contributed by atoms with Crippen LogP contribution in [0.5, 0.6) is 5.75 Å². The van der Waals surface area contributed by atoms with Crippen LogP contribution in [0, 0.1) is 0 Å². The molecule has 2 rings (SSSR count). The minimum Gasteiger partial charge on any atom is -0.496 e. The van der Waals surface area contributed by atoms with Crippen LogP contribution in [0.15, 0.2) is 54.6 Å². The minimum absolute atomic E-state index is 0.492. The molecule has 0 aliphatic rings. The molecule has 0 N–H and O–H groups in total. The van der Waals surface area contributed by atoms with Gasteiger partial charge in [0.25, 0.3) is 0 Å². The maximum atomic E-state index is 5.45. The van der Waals surface area contributed by atoms with Crippen molar-refractivity contribution in [3.8, 4) is 5.75 Å². The molecule has 0 aliphatic heterocycles. The fourth-order valence-electron chi connectivity index (χ4n) is 2.65. The first-order chi connectivity index (χ1) is 9.22. The predicted molar refractivity (Wildman–Crippen MR) is 80.9 cm³/mol. The second-order valence-electron chi connectivity index (χ2n) is 5.19. The van der Waals surface area contributed by atoms with Crippen molar-refractivity contribution in [1.82, 2.24) is 0 Å². The van der Waals surface area contributed by atoms with Gasteiger partial charge in [-0.05, 0) is 35.4 Å². The summed E-state index contributed by atoms with van der Waals surface area (Å²) in [6.45, 7) is 4.57. The molecule has 2 unspecified atom stereocenters. The van der Waals surface area contributed by atoms with E-state index in [2.05, 4.69) is 56.3 Å². The molecule has 0 aliphatic carbocycles. The lowest BCUT2D eigenvalue weighted by molar-refractivity contribution is 0.404. The average Bonchev–Trinajstić information content (AvgIpc) is 2.48. The molecule has 2 aromatic rings. The van der Waals surface area contributed by atoms with Crippen LogP contribution in [-0.2, 0) is 0 Å². The Balaban J connectivity index is 2.11. The van der Waals surface area contributed by atoms with Crippen molar-refractivity contribution in [2.75, 3.05) is 7.11 Å². The Labute approximate surface area is 116 Å². The van der Waals surface area contributed by atoms with E-state index < -0.39 is 0 Å². The van der Waals surface area contributed by atoms with Crippen molar-refractivity contribution in [1.29, 1.82) is 0 Å². The summed E-state index contributed by atoms with van der Waals surface area (Å²) in [5.74, 6) is 2.04. The van der Waals surface area contributed by atoms with Crippen LogP contribution in [0.2, 0.25) is 0 Å². The van der Waals surface area contributed by atoms with Gasteiger partial charge in [0.05, 0.1) is 7.11 Å². The smallest absolute Gasteiger partial charge is 0.122 e. The summed E-state index contributed by atoms with van der Waals surface area (Å²) < 4.78 is 5.45. The molecule has 0 aromatic heterocycles. The van der Waals surface area contributed by atoms with Gasteiger partial charge in [-0.25, -0.2) is 0 Å². The largest absolute Gasteiger partial charge is 0.496 e. The summed E-state index contributed by atoms with van der Waals surface area (Å²) in [5.41, 5.74) is 2.71. The second kappa shape index (κ2) is 6.42. The summed E-state index contributed by atoms with van der Waals surface area (Å²) in [4.78, 5) is 0. The highest BCUT2D eigenvalue weighted by atomic mass is 16.5. The van der Waals surface area contributed by atoms with Gasteiger partial charge in [-0.3, -0.25) is 0 Å². The van der Waals surface area contributed by atoms with E-state index in [1.807, 2.05) is 12.1 Å². The zero-order valence-corrected chi connectivity index (χ0v) is 12.0. The van der Waals surface area contributed by atoms with Gasteiger partial charge in [0.2, 0.25) is 0 Å². The molecule has 0 heterocycles. The SMILES string of the molecule is COc1ccccc1C(C)CC(C)c1ccccc1. The van der Waals surface area contributed by atoms with Crippen molar-refractivity contribution in [3.05, 3.63) is 65.7 Å². The van der Waals surface area contributed by atoms with Gasteiger partial charge in [-0.1, -0.05) is 62.4 Å². The monoisotopic (exact) mass is 254 g/mol. The van der Waals surface area contributed by atoms with Crippen LogP contribution in [0.4, 0.5) is 0 Å². The van der Waals surface area contributed by atoms with Crippen molar-refractivity contribution in [2.45, 2.75) is 32.1 Å². The van der Waals surface area contributed by atoms with Gasteiger partial charge in [-0.2, -0.15) is 0 Å². The van der Waals surface area contributed by atoms with Crippen LogP contribution in [0.3, 0.4) is 0 Å². The summed E-state index contributed by atoms with van der Waals surface area (Å²) in [6.07, 6.45) is 1.13. The summed E-state index contributed by atoms with van der Waals surface area (Å²) in [5, 5.41) is 0. The van der Waals surface area contributed by atoms with Crippen molar-refractivity contribution >= 4 is 0 Å². The zero-order chi connectivity index (χ0) is 13.7. The van der Waals surface area contributed by atoms with Gasteiger partial charge >= 0.3 is 0 Å². The standard InChI is InChI=1S/C18H22O/c1-14(16-9-5-4-6-10-16)13-15(2)17-11-7-8-12-18(17)19-3/h4-12,14-15H,13H2,1-3H3. The predicted octanol–water partition coefficient (Wildman–Crippen LogP) is 4.99. The Bertz CT molecular complexity index is 504. The fourth-order valence-corrected chi connectivity index (χ4v) is 2.65. The maximum absolute atomic E-state index is 5.45. The molecular weight excluding hydrogens is 232 g/mol. The molecule has 0 amide bonds. The number of rotatable bonds is 5. The third-order valence-corrected chi connectivity index (χ3v) is 3.75. The number of benzene rings is 2. The normalized spacial score (nSPS) is 13.8. The number of methoxy groups -OCH3 is 1. The molecule has 0 saturated heterocycles. The fraction of sp³-hybridized carbons (Fsp3) is 0.333. The molecule has 19 heavy (non-hydrogen) atoms. The van der Waals surface area contributed by atoms with Crippen LogP contribution in [-0.4, -0.2) is 7.11 Å². The second-order valence-corrected chi connectivity index (χ2v) is 5.19. The number of ether oxygens (including phenoxy) is 1. The molecule has 2 atom stereocenters. The number of hydrogen-bond donors (Lipinski definition) is 0. The first-order valence-corrected chi connectivity index (χ1v) is 6.90. The van der Waals surface area contributed by atoms with Crippen molar-refractivity contribution in [2.24, 2.45) is 0 Å². The average molecular weight is 254 g/mol. The van der Waals surface area contributed by atoms with Gasteiger partial charge in [0.1, 0.15) is 5.75 Å². The van der Waals surface area contributed by atoms with Crippen LogP contribution < -0.4 is 4.74 Å². The molecule has 2 aromatic carbocycles. The highest BCUT2D eigenvalue weighted by Gasteiger charge is 2.15. The third-order valence-electron chi connectivity index (χ3n) is 3.75. The highest BCUT2D eigenvalue weighted by Crippen LogP contribution is 2.33. The lowest BCUT2D eigenvalue weighted by atomic mass is 9.87. The molecule has 0 radical (unpaired) electrons. The lowest BCUT2D eigenvalue weighted by Gasteiger charge is -2.20. The Kier molecular flexibility index (Phi) is 4.62. The quantitative estimate of drug-likeness (QED) is 0.730. The van der Waals surface area contributed by atoms with Crippen LogP contribution in [0.25, 0.3) is 0 Å². The molecule has 0 saturated carbocycles. The molecule has 0 spiro atoms. The molecule has 100 valence electrons. The Morgan fingerprint density at radius 3 is 2.16 bits per heavy atom. The maximum Gasteiger partial charge on any atom is 0.122 e. The Morgan fingerprint density at radius 1 is 0.842 bits per heavy atom. The van der Waals surface area contributed by atoms with Crippen LogP contribution >= 0.6 is 0 Å². The summed E-state index contributed by atoms with van der Waals surface area (Å²) >= 11 is 0. The highest BCUT2D eigenvalue weighted by molar-refractivity contribution is 5.36. The van der Waals surface area contributed by atoms with Crippen LogP contribution in [0.1, 0.15) is 43.2 Å². The summed E-state index contributed by atoms with van der Waals surface area (Å²) in [7, 11) is 1.74. The first kappa shape index (κ1) is 13.7. The van der Waals surface area contributed by atoms with Gasteiger partial charge < -0.3 is 4.74 Å². The molecule has 1 heteroatoms. The molecule has 0 fully saturated rings. The Hall–Kier alpha value is -1.76. The number of hydrogen-bond acceptors (Lipinski definition) is 1. The van der Waals surface area contributed by atoms with Crippen molar-refractivity contribution < 1.29 is 4.74 Å². The summed E-state index contributed by atoms with van der Waals surface area (Å²) in [6, 6.07) is 19.0. The third kappa shape index (κ3) is 3.37. The van der Waals surface area contributed by atoms with Gasteiger partial charge in [0, 0.05) is 0 Å². The number of para-hydroxylation sites is 1. The van der Waals surface area contributed by atoms with E-state index in [0.29, 0.717) is 11.8 Å². The minimum atomic E-state index is 0.492. The molecular formula is C18H22O.